The van der Waals surface area contributed by atoms with E-state index in [0.29, 0.717) is 17.7 Å². The molecule has 3 nitrogen and oxygen atoms in total. The smallest absolute Gasteiger partial charge is 0.325 e. The average Bonchev–Trinajstić information content (AvgIpc) is 2.74. The van der Waals surface area contributed by atoms with E-state index < -0.39 is 5.54 Å². The fraction of sp³-hybridized carbons (Fsp3) is 0.462. The van der Waals surface area contributed by atoms with Crippen molar-refractivity contribution < 1.29 is 13.9 Å². The van der Waals surface area contributed by atoms with Crippen LogP contribution in [0.15, 0.2) is 29.2 Å². The monoisotopic (exact) mass is 269 g/mol. The van der Waals surface area contributed by atoms with Crippen LogP contribution in [0.25, 0.3) is 0 Å². The van der Waals surface area contributed by atoms with Gasteiger partial charge in [-0.2, -0.15) is 0 Å². The van der Waals surface area contributed by atoms with Gasteiger partial charge in [0.2, 0.25) is 0 Å². The predicted octanol–water partition coefficient (Wildman–Crippen LogP) is 2.34. The molecule has 2 atom stereocenters. The van der Waals surface area contributed by atoms with E-state index in [4.69, 9.17) is 10.5 Å². The Morgan fingerprint density at radius 1 is 1.56 bits per heavy atom. The van der Waals surface area contributed by atoms with Gasteiger partial charge in [0.25, 0.3) is 0 Å². The van der Waals surface area contributed by atoms with Crippen molar-refractivity contribution in [1.82, 2.24) is 0 Å². The minimum Gasteiger partial charge on any atom is -0.468 e. The highest BCUT2D eigenvalue weighted by atomic mass is 32.2. The Balaban J connectivity index is 2.02. The number of rotatable bonds is 3. The average molecular weight is 269 g/mol. The molecular weight excluding hydrogens is 253 g/mol. The first-order chi connectivity index (χ1) is 8.55. The first kappa shape index (κ1) is 13.4. The first-order valence-electron chi connectivity index (χ1n) is 5.83. The van der Waals surface area contributed by atoms with Crippen molar-refractivity contribution in [3.63, 3.8) is 0 Å². The fourth-order valence-electron chi connectivity index (χ4n) is 2.24. The summed E-state index contributed by atoms with van der Waals surface area (Å²) in [6.45, 7) is 0. The van der Waals surface area contributed by atoms with E-state index in [1.54, 1.807) is 18.2 Å². The van der Waals surface area contributed by atoms with E-state index >= 15 is 0 Å². The number of esters is 1. The first-order valence-corrected chi connectivity index (χ1v) is 6.71. The summed E-state index contributed by atoms with van der Waals surface area (Å²) in [4.78, 5) is 12.2. The normalized spacial score (nSPS) is 27.2. The number of ether oxygens (including phenoxy) is 1. The van der Waals surface area contributed by atoms with Crippen LogP contribution in [0.1, 0.15) is 19.3 Å². The summed E-state index contributed by atoms with van der Waals surface area (Å²) in [6.07, 6.45) is 1.91. The molecule has 0 saturated heterocycles. The minimum absolute atomic E-state index is 0.158. The highest BCUT2D eigenvalue weighted by Crippen LogP contribution is 2.40. The third-order valence-corrected chi connectivity index (χ3v) is 4.55. The summed E-state index contributed by atoms with van der Waals surface area (Å²) < 4.78 is 18.2. The number of hydrogen-bond acceptors (Lipinski definition) is 4. The van der Waals surface area contributed by atoms with Crippen LogP contribution in [0.5, 0.6) is 0 Å². The van der Waals surface area contributed by atoms with Crippen molar-refractivity contribution in [2.45, 2.75) is 34.9 Å². The molecule has 0 amide bonds. The standard InChI is InChI=1S/C13H16FNO2S/c1-17-12(16)13(15)7-6-9(8-13)18-11-5-3-2-4-10(11)14/h2-5,9H,6-8,15H2,1H3. The zero-order valence-electron chi connectivity index (χ0n) is 10.2. The van der Waals surface area contributed by atoms with Crippen molar-refractivity contribution in [1.29, 1.82) is 0 Å². The quantitative estimate of drug-likeness (QED) is 0.856. The zero-order chi connectivity index (χ0) is 13.2. The Labute approximate surface area is 110 Å². The van der Waals surface area contributed by atoms with Crippen molar-refractivity contribution in [3.05, 3.63) is 30.1 Å². The van der Waals surface area contributed by atoms with Crippen molar-refractivity contribution in [2.24, 2.45) is 5.73 Å². The second-order valence-electron chi connectivity index (χ2n) is 4.56. The highest BCUT2D eigenvalue weighted by Gasteiger charge is 2.43. The lowest BCUT2D eigenvalue weighted by Gasteiger charge is -2.20. The summed E-state index contributed by atoms with van der Waals surface area (Å²) in [5.74, 6) is -0.603. The number of thioether (sulfide) groups is 1. The molecule has 2 unspecified atom stereocenters. The second kappa shape index (κ2) is 5.28. The minimum atomic E-state index is -0.905. The van der Waals surface area contributed by atoms with Gasteiger partial charge in [-0.05, 0) is 31.4 Å². The summed E-state index contributed by atoms with van der Waals surface area (Å²) in [7, 11) is 1.34. The number of benzene rings is 1. The molecule has 98 valence electrons. The topological polar surface area (TPSA) is 52.3 Å². The Hall–Kier alpha value is -1.07. The van der Waals surface area contributed by atoms with Crippen LogP contribution in [-0.4, -0.2) is 23.9 Å². The molecule has 2 N–H and O–H groups in total. The van der Waals surface area contributed by atoms with E-state index in [9.17, 15) is 9.18 Å². The lowest BCUT2D eigenvalue weighted by Crippen LogP contribution is -2.46. The van der Waals surface area contributed by atoms with Crippen LogP contribution < -0.4 is 5.73 Å². The second-order valence-corrected chi connectivity index (χ2v) is 5.90. The number of carbonyl (C=O) groups excluding carboxylic acids is 1. The van der Waals surface area contributed by atoms with E-state index in [1.165, 1.54) is 24.9 Å². The summed E-state index contributed by atoms with van der Waals surface area (Å²) in [5.41, 5.74) is 5.11. The Kier molecular flexibility index (Phi) is 3.92. The number of nitrogens with two attached hydrogens (primary N) is 1. The lowest BCUT2D eigenvalue weighted by atomic mass is 10.00. The molecule has 0 aromatic heterocycles. The molecule has 5 heteroatoms. The molecular formula is C13H16FNO2S. The van der Waals surface area contributed by atoms with Crippen LogP contribution in [0.4, 0.5) is 4.39 Å². The van der Waals surface area contributed by atoms with Gasteiger partial charge >= 0.3 is 5.97 Å². The Morgan fingerprint density at radius 2 is 2.28 bits per heavy atom. The largest absolute Gasteiger partial charge is 0.468 e. The maximum absolute atomic E-state index is 13.5. The van der Waals surface area contributed by atoms with Crippen LogP contribution in [0, 0.1) is 5.82 Å². The summed E-state index contributed by atoms with van der Waals surface area (Å²) in [6, 6.07) is 6.65. The number of halogens is 1. The van der Waals surface area contributed by atoms with Gasteiger partial charge in [-0.3, -0.25) is 4.79 Å². The van der Waals surface area contributed by atoms with Gasteiger partial charge in [0.05, 0.1) is 7.11 Å². The lowest BCUT2D eigenvalue weighted by molar-refractivity contribution is -0.146. The molecule has 0 radical (unpaired) electrons. The predicted molar refractivity (Wildman–Crippen MR) is 68.8 cm³/mol. The summed E-state index contributed by atoms with van der Waals surface area (Å²) >= 11 is 1.45. The summed E-state index contributed by atoms with van der Waals surface area (Å²) in [5, 5.41) is 0.158. The van der Waals surface area contributed by atoms with E-state index in [1.807, 2.05) is 0 Å². The number of methoxy groups -OCH3 is 1. The molecule has 0 bridgehead atoms. The molecule has 1 aliphatic carbocycles. The third kappa shape index (κ3) is 2.67. The zero-order valence-corrected chi connectivity index (χ0v) is 11.0. The molecule has 0 aliphatic heterocycles. The number of hydrogen-bond donors (Lipinski definition) is 1. The Bertz CT molecular complexity index is 454. The van der Waals surface area contributed by atoms with Crippen LogP contribution in [0.2, 0.25) is 0 Å². The molecule has 1 aromatic carbocycles. The fourth-order valence-corrected chi connectivity index (χ4v) is 3.55. The van der Waals surface area contributed by atoms with E-state index in [2.05, 4.69) is 0 Å². The highest BCUT2D eigenvalue weighted by molar-refractivity contribution is 8.00. The maximum atomic E-state index is 13.5. The number of carbonyl (C=O) groups is 1. The Morgan fingerprint density at radius 3 is 2.94 bits per heavy atom. The van der Waals surface area contributed by atoms with E-state index in [-0.39, 0.29) is 17.0 Å². The molecule has 18 heavy (non-hydrogen) atoms. The van der Waals surface area contributed by atoms with Gasteiger partial charge in [0.1, 0.15) is 11.4 Å². The SMILES string of the molecule is COC(=O)C1(N)CCC(Sc2ccccc2F)C1. The van der Waals surface area contributed by atoms with Gasteiger partial charge in [0, 0.05) is 10.1 Å². The molecule has 0 spiro atoms. The van der Waals surface area contributed by atoms with Gasteiger partial charge in [0.15, 0.2) is 0 Å². The molecule has 2 rings (SSSR count). The van der Waals surface area contributed by atoms with Crippen LogP contribution in [0.3, 0.4) is 0 Å². The van der Waals surface area contributed by atoms with Crippen LogP contribution in [-0.2, 0) is 9.53 Å². The molecule has 1 fully saturated rings. The van der Waals surface area contributed by atoms with Crippen LogP contribution >= 0.6 is 11.8 Å². The molecule has 1 saturated carbocycles. The molecule has 0 heterocycles. The van der Waals surface area contributed by atoms with Gasteiger partial charge < -0.3 is 10.5 Å². The maximum Gasteiger partial charge on any atom is 0.325 e. The van der Waals surface area contributed by atoms with Gasteiger partial charge in [-0.1, -0.05) is 12.1 Å². The van der Waals surface area contributed by atoms with Crippen molar-refractivity contribution in [2.75, 3.05) is 7.11 Å². The molecule has 1 aliphatic rings. The third-order valence-electron chi connectivity index (χ3n) is 3.23. The van der Waals surface area contributed by atoms with Gasteiger partial charge in [-0.15, -0.1) is 11.8 Å². The van der Waals surface area contributed by atoms with E-state index in [0.717, 1.165) is 6.42 Å². The van der Waals surface area contributed by atoms with Gasteiger partial charge in [-0.25, -0.2) is 4.39 Å². The van der Waals surface area contributed by atoms with Crippen molar-refractivity contribution in [3.8, 4) is 0 Å². The molecule has 1 aromatic rings. The van der Waals surface area contributed by atoms with Crippen molar-refractivity contribution >= 4 is 17.7 Å².